The third-order valence-electron chi connectivity index (χ3n) is 5.20. The van der Waals surface area contributed by atoms with Crippen molar-refractivity contribution in [3.8, 4) is 12.3 Å². The molecule has 26 heavy (non-hydrogen) atoms. The van der Waals surface area contributed by atoms with E-state index in [2.05, 4.69) is 26.7 Å². The Bertz CT molecular complexity index is 522. The predicted octanol–water partition coefficient (Wildman–Crippen LogP) is 6.00. The van der Waals surface area contributed by atoms with Gasteiger partial charge in [0.05, 0.1) is 0 Å². The summed E-state index contributed by atoms with van der Waals surface area (Å²) in [6.45, 7) is 12.4. The Morgan fingerprint density at radius 1 is 1.04 bits per heavy atom. The summed E-state index contributed by atoms with van der Waals surface area (Å²) in [7, 11) is 0. The van der Waals surface area contributed by atoms with Gasteiger partial charge in [-0.2, -0.15) is 0 Å². The molecule has 148 valence electrons. The Labute approximate surface area is 165 Å². The molecule has 0 N–H and O–H groups in total. The van der Waals surface area contributed by atoms with Crippen LogP contribution in [0.1, 0.15) is 80.1 Å². The SMILES string of the molecule is C#CC1([O][Sn]([CH2]CCC)([CH2]CCC)[CH2]CCC)C(=O)C(C)=C1OC(C)C. The Morgan fingerprint density at radius 2 is 1.50 bits per heavy atom. The van der Waals surface area contributed by atoms with Gasteiger partial charge in [0.2, 0.25) is 0 Å². The van der Waals surface area contributed by atoms with E-state index in [1.165, 1.54) is 19.3 Å². The molecule has 0 aliphatic heterocycles. The van der Waals surface area contributed by atoms with E-state index in [9.17, 15) is 4.79 Å². The van der Waals surface area contributed by atoms with Crippen LogP contribution in [0.25, 0.3) is 0 Å². The predicted molar refractivity (Wildman–Crippen MR) is 111 cm³/mol. The second-order valence-electron chi connectivity index (χ2n) is 7.87. The summed E-state index contributed by atoms with van der Waals surface area (Å²) in [4.78, 5) is 12.8. The quantitative estimate of drug-likeness (QED) is 0.245. The molecule has 1 atom stereocenters. The fraction of sp³-hybridized carbons (Fsp3) is 0.773. The fourth-order valence-corrected chi connectivity index (χ4v) is 17.8. The molecule has 0 radical (unpaired) electrons. The van der Waals surface area contributed by atoms with Crippen molar-refractivity contribution >= 4 is 24.6 Å². The van der Waals surface area contributed by atoms with E-state index in [0.717, 1.165) is 32.6 Å². The van der Waals surface area contributed by atoms with Crippen LogP contribution in [0.5, 0.6) is 0 Å². The van der Waals surface area contributed by atoms with Crippen LogP contribution in [0.3, 0.4) is 0 Å². The number of hydrogen-bond donors (Lipinski definition) is 0. The van der Waals surface area contributed by atoms with E-state index in [-0.39, 0.29) is 11.9 Å². The van der Waals surface area contributed by atoms with Crippen molar-refractivity contribution in [3.05, 3.63) is 11.3 Å². The molecular formula is C22H38O3Sn. The summed E-state index contributed by atoms with van der Waals surface area (Å²) in [5, 5.41) is 0. The van der Waals surface area contributed by atoms with Crippen LogP contribution in [0.2, 0.25) is 13.3 Å². The zero-order valence-electron chi connectivity index (χ0n) is 17.7. The summed E-state index contributed by atoms with van der Waals surface area (Å²) in [6.07, 6.45) is 12.9. The maximum atomic E-state index is 12.8. The number of ether oxygens (including phenoxy) is 1. The summed E-state index contributed by atoms with van der Waals surface area (Å²) < 4.78 is 16.3. The van der Waals surface area contributed by atoms with Gasteiger partial charge in [-0.1, -0.05) is 0 Å². The number of Topliss-reactive ketones (excluding diaryl/α,β-unsaturated/α-hetero) is 1. The van der Waals surface area contributed by atoms with Crippen molar-refractivity contribution in [3.63, 3.8) is 0 Å². The van der Waals surface area contributed by atoms with Gasteiger partial charge >= 0.3 is 166 Å². The van der Waals surface area contributed by atoms with E-state index < -0.39 is 24.4 Å². The molecule has 0 saturated heterocycles. The summed E-state index contributed by atoms with van der Waals surface area (Å²) in [5.74, 6) is 3.28. The van der Waals surface area contributed by atoms with E-state index in [1.807, 2.05) is 13.8 Å². The van der Waals surface area contributed by atoms with Gasteiger partial charge in [-0.15, -0.1) is 0 Å². The van der Waals surface area contributed by atoms with Crippen molar-refractivity contribution in [1.29, 1.82) is 0 Å². The summed E-state index contributed by atoms with van der Waals surface area (Å²) >= 11 is -3.04. The van der Waals surface area contributed by atoms with Gasteiger partial charge in [0.25, 0.3) is 0 Å². The van der Waals surface area contributed by atoms with Crippen molar-refractivity contribution in [2.75, 3.05) is 0 Å². The van der Waals surface area contributed by atoms with Crippen molar-refractivity contribution in [2.45, 2.75) is 105 Å². The van der Waals surface area contributed by atoms with Crippen molar-refractivity contribution in [2.24, 2.45) is 0 Å². The van der Waals surface area contributed by atoms with Gasteiger partial charge in [-0.05, 0) is 0 Å². The standard InChI is InChI=1S/C10H11O3.3C4H9.Sn/c1-5-10(12)8(11)7(4)9(10)13-6(2)3;3*1-3-4-2;/h1,6H,2-4H3;3*1,3-4H2,2H3;/q-1;;;;+1. The average molecular weight is 469 g/mol. The second kappa shape index (κ2) is 10.8. The normalized spacial score (nSPS) is 20.3. The number of carbonyl (C=O) groups is 1. The van der Waals surface area contributed by atoms with E-state index in [0.29, 0.717) is 11.3 Å². The summed E-state index contributed by atoms with van der Waals surface area (Å²) in [6, 6.07) is 0. The molecule has 0 bridgehead atoms. The molecule has 0 fully saturated rings. The molecule has 1 unspecified atom stereocenters. The molecule has 0 spiro atoms. The molecule has 1 aliphatic rings. The molecule has 0 amide bonds. The molecule has 3 nitrogen and oxygen atoms in total. The third-order valence-corrected chi connectivity index (χ3v) is 18.1. The number of ketones is 1. The first kappa shape index (κ1) is 23.6. The van der Waals surface area contributed by atoms with Crippen LogP contribution < -0.4 is 0 Å². The van der Waals surface area contributed by atoms with Gasteiger partial charge in [0.15, 0.2) is 0 Å². The molecule has 0 aromatic rings. The molecule has 0 aromatic heterocycles. The molecule has 1 rings (SSSR count). The zero-order chi connectivity index (χ0) is 19.8. The van der Waals surface area contributed by atoms with Gasteiger partial charge in [0.1, 0.15) is 0 Å². The van der Waals surface area contributed by atoms with E-state index in [1.54, 1.807) is 6.92 Å². The van der Waals surface area contributed by atoms with E-state index >= 15 is 0 Å². The first-order valence-electron chi connectivity index (χ1n) is 10.4. The molecule has 1 aliphatic carbocycles. The third kappa shape index (κ3) is 5.29. The maximum absolute atomic E-state index is 12.8. The van der Waals surface area contributed by atoms with Gasteiger partial charge in [-0.25, -0.2) is 0 Å². The van der Waals surface area contributed by atoms with Gasteiger partial charge in [0, 0.05) is 0 Å². The minimum atomic E-state index is -3.04. The number of rotatable bonds is 13. The molecule has 0 heterocycles. The van der Waals surface area contributed by atoms with Crippen LogP contribution in [-0.4, -0.2) is 36.3 Å². The van der Waals surface area contributed by atoms with Crippen LogP contribution in [0, 0.1) is 12.3 Å². The van der Waals surface area contributed by atoms with Gasteiger partial charge in [-0.3, -0.25) is 0 Å². The minimum absolute atomic E-state index is 0.0177. The molecule has 0 aromatic carbocycles. The number of unbranched alkanes of at least 4 members (excludes halogenated alkanes) is 3. The van der Waals surface area contributed by atoms with Crippen LogP contribution >= 0.6 is 0 Å². The molecule has 0 saturated carbocycles. The number of terminal acetylenes is 1. The van der Waals surface area contributed by atoms with Crippen LogP contribution in [0.15, 0.2) is 11.3 Å². The molecule has 4 heteroatoms. The topological polar surface area (TPSA) is 35.5 Å². The monoisotopic (exact) mass is 470 g/mol. The Hall–Kier alpha value is -0.471. The Kier molecular flexibility index (Phi) is 9.75. The first-order valence-corrected chi connectivity index (χ1v) is 17.6. The van der Waals surface area contributed by atoms with Crippen molar-refractivity contribution in [1.82, 2.24) is 0 Å². The number of hydrogen-bond acceptors (Lipinski definition) is 3. The number of carbonyl (C=O) groups excluding carboxylic acids is 1. The average Bonchev–Trinajstić information content (AvgIpc) is 2.64. The first-order chi connectivity index (χ1) is 12.3. The van der Waals surface area contributed by atoms with E-state index in [4.69, 9.17) is 14.2 Å². The van der Waals surface area contributed by atoms with Crippen molar-refractivity contribution < 1.29 is 12.6 Å². The Balaban J connectivity index is 3.23. The zero-order valence-corrected chi connectivity index (χ0v) is 20.6. The Morgan fingerprint density at radius 3 is 1.85 bits per heavy atom. The van der Waals surface area contributed by atoms with Crippen LogP contribution in [-0.2, 0) is 12.6 Å². The molecular weight excluding hydrogens is 431 g/mol. The van der Waals surface area contributed by atoms with Crippen LogP contribution in [0.4, 0.5) is 0 Å². The summed E-state index contributed by atoms with van der Waals surface area (Å²) in [5.41, 5.74) is -0.599. The fourth-order valence-electron chi connectivity index (χ4n) is 3.68. The van der Waals surface area contributed by atoms with Gasteiger partial charge < -0.3 is 0 Å². The second-order valence-corrected chi connectivity index (χ2v) is 19.5.